The Kier molecular flexibility index (Phi) is 7.50. The van der Waals surface area contributed by atoms with Gasteiger partial charge < -0.3 is 10.6 Å². The number of pyridine rings is 1. The molecule has 1 aromatic heterocycles. The monoisotopic (exact) mass is 300 g/mol. The Morgan fingerprint density at radius 2 is 2.23 bits per heavy atom. The third-order valence-corrected chi connectivity index (χ3v) is 3.86. The van der Waals surface area contributed by atoms with Gasteiger partial charge >= 0.3 is 0 Å². The molecule has 4 heteroatoms. The average Bonchev–Trinajstić information content (AvgIpc) is 2.57. The maximum atomic E-state index is 4.68. The van der Waals surface area contributed by atoms with E-state index in [2.05, 4.69) is 39.7 Å². The van der Waals surface area contributed by atoms with Gasteiger partial charge in [0.25, 0.3) is 0 Å². The van der Waals surface area contributed by atoms with Gasteiger partial charge in [-0.05, 0) is 57.1 Å². The minimum atomic E-state index is 0.869. The number of rotatable bonds is 7. The number of guanidine groups is 1. The Balaban J connectivity index is 1.73. The molecule has 0 amide bonds. The topological polar surface area (TPSA) is 49.3 Å². The minimum absolute atomic E-state index is 0.869. The molecule has 2 N–H and O–H groups in total. The van der Waals surface area contributed by atoms with Crippen LogP contribution in [-0.2, 0) is 6.42 Å². The molecule has 0 fully saturated rings. The van der Waals surface area contributed by atoms with Crippen molar-refractivity contribution in [2.24, 2.45) is 4.99 Å². The van der Waals surface area contributed by atoms with Crippen LogP contribution in [0.25, 0.3) is 0 Å². The third-order valence-electron chi connectivity index (χ3n) is 3.86. The van der Waals surface area contributed by atoms with Crippen LogP contribution < -0.4 is 10.6 Å². The number of nitrogens with one attached hydrogen (secondary N) is 2. The first-order valence-electron chi connectivity index (χ1n) is 8.47. The van der Waals surface area contributed by atoms with E-state index < -0.39 is 0 Å². The molecule has 0 aliphatic heterocycles. The zero-order valence-electron chi connectivity index (χ0n) is 13.6. The van der Waals surface area contributed by atoms with Crippen LogP contribution in [0.3, 0.4) is 0 Å². The zero-order chi connectivity index (χ0) is 15.5. The number of hydrogen-bond acceptors (Lipinski definition) is 2. The molecule has 0 bridgehead atoms. The fourth-order valence-corrected chi connectivity index (χ4v) is 2.66. The van der Waals surface area contributed by atoms with Crippen molar-refractivity contribution in [3.8, 4) is 0 Å². The molecule has 4 nitrogen and oxygen atoms in total. The molecule has 1 heterocycles. The number of allylic oxidation sites excluding steroid dienone is 1. The van der Waals surface area contributed by atoms with Crippen molar-refractivity contribution in [3.63, 3.8) is 0 Å². The molecule has 0 atom stereocenters. The summed E-state index contributed by atoms with van der Waals surface area (Å²) in [7, 11) is 0. The number of nitrogens with zero attached hydrogens (tertiary/aromatic N) is 2. The molecule has 0 saturated carbocycles. The van der Waals surface area contributed by atoms with Gasteiger partial charge in [0.2, 0.25) is 0 Å². The summed E-state index contributed by atoms with van der Waals surface area (Å²) in [6, 6.07) is 4.08. The van der Waals surface area contributed by atoms with Crippen molar-refractivity contribution >= 4 is 5.96 Å². The molecule has 0 aromatic carbocycles. The standard InChI is InChI=1S/C18H28N4/c1-2-20-18(21-13-10-16-7-4-3-5-8-16)22-14-11-17-9-6-12-19-15-17/h6-7,9,12,15H,2-5,8,10-11,13-14H2,1H3,(H2,20,21,22). The molecule has 0 radical (unpaired) electrons. The maximum absolute atomic E-state index is 4.68. The lowest BCUT2D eigenvalue weighted by molar-refractivity contribution is 0.674. The van der Waals surface area contributed by atoms with Crippen molar-refractivity contribution in [1.29, 1.82) is 0 Å². The van der Waals surface area contributed by atoms with Crippen molar-refractivity contribution in [2.75, 3.05) is 19.6 Å². The van der Waals surface area contributed by atoms with Crippen LogP contribution in [0.4, 0.5) is 0 Å². The molecule has 0 unspecified atom stereocenters. The summed E-state index contributed by atoms with van der Waals surface area (Å²) in [4.78, 5) is 8.82. The molecular formula is C18H28N4. The van der Waals surface area contributed by atoms with Crippen LogP contribution in [0.1, 0.15) is 44.6 Å². The average molecular weight is 300 g/mol. The fraction of sp³-hybridized carbons (Fsp3) is 0.556. The van der Waals surface area contributed by atoms with E-state index in [0.29, 0.717) is 0 Å². The summed E-state index contributed by atoms with van der Waals surface area (Å²) in [6.07, 6.45) is 13.4. The van der Waals surface area contributed by atoms with E-state index >= 15 is 0 Å². The Hall–Kier alpha value is -1.84. The van der Waals surface area contributed by atoms with E-state index in [1.54, 1.807) is 5.57 Å². The van der Waals surface area contributed by atoms with Crippen molar-refractivity contribution < 1.29 is 0 Å². The van der Waals surface area contributed by atoms with Crippen LogP contribution in [0.5, 0.6) is 0 Å². The Labute approximate surface area is 134 Å². The molecule has 120 valence electrons. The van der Waals surface area contributed by atoms with Gasteiger partial charge in [-0.15, -0.1) is 0 Å². The lowest BCUT2D eigenvalue weighted by Crippen LogP contribution is -2.38. The van der Waals surface area contributed by atoms with Gasteiger partial charge in [0.05, 0.1) is 0 Å². The second-order valence-corrected chi connectivity index (χ2v) is 5.66. The van der Waals surface area contributed by atoms with E-state index in [-0.39, 0.29) is 0 Å². The molecule has 1 aliphatic rings. The van der Waals surface area contributed by atoms with Crippen LogP contribution >= 0.6 is 0 Å². The van der Waals surface area contributed by atoms with Gasteiger partial charge in [-0.1, -0.05) is 17.7 Å². The normalized spacial score (nSPS) is 15.3. The first-order valence-corrected chi connectivity index (χ1v) is 8.47. The largest absolute Gasteiger partial charge is 0.357 e. The number of hydrogen-bond donors (Lipinski definition) is 2. The van der Waals surface area contributed by atoms with E-state index in [1.165, 1.54) is 31.2 Å². The molecule has 0 spiro atoms. The van der Waals surface area contributed by atoms with Gasteiger partial charge in [0.15, 0.2) is 5.96 Å². The highest BCUT2D eigenvalue weighted by molar-refractivity contribution is 5.79. The first-order chi connectivity index (χ1) is 10.9. The molecular weight excluding hydrogens is 272 g/mol. The smallest absolute Gasteiger partial charge is 0.191 e. The van der Waals surface area contributed by atoms with E-state index in [4.69, 9.17) is 0 Å². The number of aromatic nitrogens is 1. The first kappa shape index (κ1) is 16.5. The van der Waals surface area contributed by atoms with Gasteiger partial charge in [-0.2, -0.15) is 0 Å². The second-order valence-electron chi connectivity index (χ2n) is 5.66. The Morgan fingerprint density at radius 3 is 2.95 bits per heavy atom. The third kappa shape index (κ3) is 6.29. The Morgan fingerprint density at radius 1 is 1.27 bits per heavy atom. The summed E-state index contributed by atoms with van der Waals surface area (Å²) in [5.41, 5.74) is 2.83. The van der Waals surface area contributed by atoms with Crippen LogP contribution in [0, 0.1) is 0 Å². The lowest BCUT2D eigenvalue weighted by Gasteiger charge is -2.13. The summed E-state index contributed by atoms with van der Waals surface area (Å²) >= 11 is 0. The van der Waals surface area contributed by atoms with Gasteiger partial charge in [0.1, 0.15) is 0 Å². The van der Waals surface area contributed by atoms with E-state index in [1.807, 2.05) is 18.5 Å². The highest BCUT2D eigenvalue weighted by atomic mass is 15.2. The zero-order valence-corrected chi connectivity index (χ0v) is 13.6. The van der Waals surface area contributed by atoms with Crippen LogP contribution in [0.2, 0.25) is 0 Å². The van der Waals surface area contributed by atoms with Crippen molar-refractivity contribution in [2.45, 2.75) is 45.4 Å². The minimum Gasteiger partial charge on any atom is -0.357 e. The molecule has 0 saturated heterocycles. The molecule has 1 aromatic rings. The summed E-state index contributed by atoms with van der Waals surface area (Å²) in [5, 5.41) is 6.71. The summed E-state index contributed by atoms with van der Waals surface area (Å²) < 4.78 is 0. The van der Waals surface area contributed by atoms with Crippen molar-refractivity contribution in [1.82, 2.24) is 15.6 Å². The predicted octanol–water partition coefficient (Wildman–Crippen LogP) is 3.07. The highest BCUT2D eigenvalue weighted by Gasteiger charge is 2.03. The number of aliphatic imine (C=N–C) groups is 1. The van der Waals surface area contributed by atoms with E-state index in [0.717, 1.165) is 38.4 Å². The molecule has 2 rings (SSSR count). The lowest BCUT2D eigenvalue weighted by atomic mass is 9.97. The van der Waals surface area contributed by atoms with Crippen molar-refractivity contribution in [3.05, 3.63) is 41.7 Å². The highest BCUT2D eigenvalue weighted by Crippen LogP contribution is 2.19. The summed E-state index contributed by atoms with van der Waals surface area (Å²) in [6.45, 7) is 4.73. The van der Waals surface area contributed by atoms with Crippen LogP contribution in [0.15, 0.2) is 41.2 Å². The molecule has 22 heavy (non-hydrogen) atoms. The van der Waals surface area contributed by atoms with Gasteiger partial charge in [-0.3, -0.25) is 9.98 Å². The summed E-state index contributed by atoms with van der Waals surface area (Å²) in [5.74, 6) is 0.919. The fourth-order valence-electron chi connectivity index (χ4n) is 2.66. The quantitative estimate of drug-likeness (QED) is 0.462. The Bertz CT molecular complexity index is 479. The van der Waals surface area contributed by atoms with Crippen LogP contribution in [-0.4, -0.2) is 30.6 Å². The SMILES string of the molecule is CCNC(=NCCC1=CCCCC1)NCCc1cccnc1. The van der Waals surface area contributed by atoms with E-state index in [9.17, 15) is 0 Å². The predicted molar refractivity (Wildman–Crippen MR) is 93.1 cm³/mol. The maximum Gasteiger partial charge on any atom is 0.191 e. The van der Waals surface area contributed by atoms with Gasteiger partial charge in [-0.25, -0.2) is 0 Å². The molecule has 1 aliphatic carbocycles. The second kappa shape index (κ2) is 9.98. The van der Waals surface area contributed by atoms with Gasteiger partial charge in [0, 0.05) is 32.0 Å².